The van der Waals surface area contributed by atoms with Gasteiger partial charge in [0.05, 0.1) is 6.07 Å². The van der Waals surface area contributed by atoms with E-state index in [0.717, 1.165) is 13.1 Å². The van der Waals surface area contributed by atoms with Gasteiger partial charge in [-0.15, -0.1) is 0 Å². The van der Waals surface area contributed by atoms with Gasteiger partial charge >= 0.3 is 0 Å². The Bertz CT molecular complexity index is 279. The molecule has 3 heteroatoms. The summed E-state index contributed by atoms with van der Waals surface area (Å²) in [5.74, 6) is 0. The number of halogens is 1. The van der Waals surface area contributed by atoms with Gasteiger partial charge in [0.1, 0.15) is 0 Å². The molecule has 0 aliphatic carbocycles. The van der Waals surface area contributed by atoms with Crippen molar-refractivity contribution in [1.82, 2.24) is 3.11 Å². The molecular formula is C12H17IN2. The molecule has 0 unspecified atom stereocenters. The zero-order valence-electron chi connectivity index (χ0n) is 9.28. The third-order valence-corrected chi connectivity index (χ3v) is 2.49. The van der Waals surface area contributed by atoms with E-state index < -0.39 is 0 Å². The molecule has 0 spiro atoms. The number of hydrogen-bond acceptors (Lipinski definition) is 2. The summed E-state index contributed by atoms with van der Waals surface area (Å²) in [6.07, 6.45) is 0.593. The van der Waals surface area contributed by atoms with Gasteiger partial charge < -0.3 is 0 Å². The summed E-state index contributed by atoms with van der Waals surface area (Å²) < 4.78 is 2.12. The third-order valence-electron chi connectivity index (χ3n) is 1.66. The average molecular weight is 316 g/mol. The van der Waals surface area contributed by atoms with Crippen molar-refractivity contribution in [3.05, 3.63) is 35.9 Å². The van der Waals surface area contributed by atoms with Crippen LogP contribution in [0.2, 0.25) is 0 Å². The zero-order valence-corrected chi connectivity index (χ0v) is 11.4. The van der Waals surface area contributed by atoms with Crippen molar-refractivity contribution in [2.45, 2.75) is 26.8 Å². The Hall–Kier alpha value is -0.600. The lowest BCUT2D eigenvalue weighted by atomic mass is 10.2. The van der Waals surface area contributed by atoms with Crippen LogP contribution in [-0.4, -0.2) is 9.66 Å². The van der Waals surface area contributed by atoms with E-state index in [1.54, 1.807) is 0 Å². The van der Waals surface area contributed by atoms with Crippen molar-refractivity contribution < 1.29 is 0 Å². The van der Waals surface area contributed by atoms with Gasteiger partial charge in [-0.05, 0) is 5.56 Å². The predicted molar refractivity (Wildman–Crippen MR) is 72.5 cm³/mol. The van der Waals surface area contributed by atoms with Crippen LogP contribution in [0.15, 0.2) is 30.3 Å². The van der Waals surface area contributed by atoms with Gasteiger partial charge in [-0.3, -0.25) is 0 Å². The van der Waals surface area contributed by atoms with Crippen LogP contribution in [0.4, 0.5) is 0 Å². The molecule has 1 aromatic rings. The molecule has 0 aromatic heterocycles. The molecule has 0 aliphatic rings. The van der Waals surface area contributed by atoms with Gasteiger partial charge in [0.2, 0.25) is 0 Å². The SMILES string of the molecule is CC.N#CCCN(I)Cc1ccccc1. The standard InChI is InChI=1S/C10H11IN2.C2H6/c11-13(8-4-7-12)9-10-5-2-1-3-6-10;1-2/h1-3,5-6H,4,8-9H2;1-2H3. The summed E-state index contributed by atoms with van der Waals surface area (Å²) in [6, 6.07) is 12.4. The molecule has 2 nitrogen and oxygen atoms in total. The number of hydrogen-bond donors (Lipinski definition) is 0. The number of rotatable bonds is 4. The van der Waals surface area contributed by atoms with Gasteiger partial charge in [-0.1, -0.05) is 44.2 Å². The summed E-state index contributed by atoms with van der Waals surface area (Å²) in [4.78, 5) is 0. The third kappa shape index (κ3) is 7.34. The maximum Gasteiger partial charge on any atom is 0.0635 e. The molecule has 0 heterocycles. The van der Waals surface area contributed by atoms with Crippen molar-refractivity contribution >= 4 is 22.9 Å². The number of nitrogens with zero attached hydrogens (tertiary/aromatic N) is 2. The van der Waals surface area contributed by atoms with E-state index in [-0.39, 0.29) is 0 Å². The topological polar surface area (TPSA) is 27.0 Å². The first-order valence-corrected chi connectivity index (χ1v) is 6.11. The van der Waals surface area contributed by atoms with Crippen LogP contribution >= 0.6 is 22.9 Å². The fourth-order valence-electron chi connectivity index (χ4n) is 1.03. The van der Waals surface area contributed by atoms with Crippen LogP contribution in [0, 0.1) is 11.3 Å². The summed E-state index contributed by atoms with van der Waals surface area (Å²) in [5, 5.41) is 8.40. The molecule has 82 valence electrons. The molecule has 0 saturated heterocycles. The maximum absolute atomic E-state index is 8.40. The van der Waals surface area contributed by atoms with Gasteiger partial charge in [-0.2, -0.15) is 5.26 Å². The minimum absolute atomic E-state index is 0.593. The molecule has 1 rings (SSSR count). The summed E-state index contributed by atoms with van der Waals surface area (Å²) in [6.45, 7) is 5.73. The van der Waals surface area contributed by atoms with E-state index in [0.29, 0.717) is 6.42 Å². The van der Waals surface area contributed by atoms with E-state index in [4.69, 9.17) is 5.26 Å². The number of benzene rings is 1. The molecule has 0 amide bonds. The zero-order chi connectivity index (χ0) is 11.5. The lowest BCUT2D eigenvalue weighted by molar-refractivity contribution is 0.517. The number of nitriles is 1. The minimum Gasteiger partial charge on any atom is -0.242 e. The normalized spacial score (nSPS) is 9.00. The van der Waals surface area contributed by atoms with Crippen molar-refractivity contribution in [1.29, 1.82) is 5.26 Å². The Kier molecular flexibility index (Phi) is 9.54. The van der Waals surface area contributed by atoms with Crippen LogP contribution < -0.4 is 0 Å². The smallest absolute Gasteiger partial charge is 0.0635 e. The second-order valence-electron chi connectivity index (χ2n) is 2.74. The second-order valence-corrected chi connectivity index (χ2v) is 4.10. The molecule has 0 saturated carbocycles. The van der Waals surface area contributed by atoms with Gasteiger partial charge in [-0.25, -0.2) is 3.11 Å². The van der Waals surface area contributed by atoms with Crippen molar-refractivity contribution in [3.63, 3.8) is 0 Å². The predicted octanol–water partition coefficient (Wildman–Crippen LogP) is 3.78. The Balaban J connectivity index is 0.000000921. The quantitative estimate of drug-likeness (QED) is 0.624. The van der Waals surface area contributed by atoms with E-state index in [1.807, 2.05) is 32.0 Å². The van der Waals surface area contributed by atoms with E-state index in [9.17, 15) is 0 Å². The molecule has 0 atom stereocenters. The lowest BCUT2D eigenvalue weighted by Crippen LogP contribution is -2.11. The summed E-state index contributed by atoms with van der Waals surface area (Å²) in [5.41, 5.74) is 1.29. The van der Waals surface area contributed by atoms with Gasteiger partial charge in [0.15, 0.2) is 0 Å². The summed E-state index contributed by atoms with van der Waals surface area (Å²) >= 11 is 2.25. The van der Waals surface area contributed by atoms with Crippen molar-refractivity contribution in [3.8, 4) is 6.07 Å². The summed E-state index contributed by atoms with van der Waals surface area (Å²) in [7, 11) is 0. The Morgan fingerprint density at radius 3 is 2.40 bits per heavy atom. The highest BCUT2D eigenvalue weighted by Gasteiger charge is 1.99. The molecule has 1 aromatic carbocycles. The van der Waals surface area contributed by atoms with Crippen LogP contribution in [-0.2, 0) is 6.54 Å². The fraction of sp³-hybridized carbons (Fsp3) is 0.417. The Morgan fingerprint density at radius 1 is 1.27 bits per heavy atom. The highest BCUT2D eigenvalue weighted by molar-refractivity contribution is 14.1. The van der Waals surface area contributed by atoms with Crippen LogP contribution in [0.5, 0.6) is 0 Å². The second kappa shape index (κ2) is 9.94. The van der Waals surface area contributed by atoms with E-state index in [1.165, 1.54) is 5.56 Å². The highest BCUT2D eigenvalue weighted by Crippen LogP contribution is 2.08. The monoisotopic (exact) mass is 316 g/mol. The van der Waals surface area contributed by atoms with Crippen LogP contribution in [0.1, 0.15) is 25.8 Å². The first-order valence-electron chi connectivity index (χ1n) is 5.14. The Labute approximate surface area is 106 Å². The molecule has 0 N–H and O–H groups in total. The van der Waals surface area contributed by atoms with Crippen LogP contribution in [0.25, 0.3) is 0 Å². The van der Waals surface area contributed by atoms with Gasteiger partial charge in [0.25, 0.3) is 0 Å². The largest absolute Gasteiger partial charge is 0.242 e. The van der Waals surface area contributed by atoms with Crippen LogP contribution in [0.3, 0.4) is 0 Å². The highest BCUT2D eigenvalue weighted by atomic mass is 127. The molecule has 0 fully saturated rings. The van der Waals surface area contributed by atoms with Gasteiger partial charge in [0, 0.05) is 42.4 Å². The first kappa shape index (κ1) is 14.4. The van der Waals surface area contributed by atoms with Crippen molar-refractivity contribution in [2.75, 3.05) is 6.54 Å². The van der Waals surface area contributed by atoms with E-state index in [2.05, 4.69) is 44.2 Å². The molecular weight excluding hydrogens is 299 g/mol. The maximum atomic E-state index is 8.40. The molecule has 0 radical (unpaired) electrons. The molecule has 15 heavy (non-hydrogen) atoms. The first-order chi connectivity index (χ1) is 7.33. The fourth-order valence-corrected chi connectivity index (χ4v) is 1.67. The molecule has 0 bridgehead atoms. The average Bonchev–Trinajstić information content (AvgIpc) is 2.30. The lowest BCUT2D eigenvalue weighted by Gasteiger charge is -2.11. The van der Waals surface area contributed by atoms with Crippen molar-refractivity contribution in [2.24, 2.45) is 0 Å². The molecule has 0 aliphatic heterocycles. The minimum atomic E-state index is 0.593. The van der Waals surface area contributed by atoms with E-state index >= 15 is 0 Å². The Morgan fingerprint density at radius 2 is 1.87 bits per heavy atom.